The number of hydrogen-bond donors (Lipinski definition) is 1. The quantitative estimate of drug-likeness (QED) is 0.399. The lowest BCUT2D eigenvalue weighted by atomic mass is 9.85. The highest BCUT2D eigenvalue weighted by atomic mass is 32.2. The number of fused-ring (bicyclic) bond motifs is 1. The number of rotatable bonds is 7. The first-order chi connectivity index (χ1) is 15.1. The second-order valence-electron chi connectivity index (χ2n) is 7.46. The number of hydrogen-bond acceptors (Lipinski definition) is 5. The van der Waals surface area contributed by atoms with Crippen molar-refractivity contribution in [3.05, 3.63) is 60.7 Å². The van der Waals surface area contributed by atoms with Gasteiger partial charge in [0.15, 0.2) is 0 Å². The maximum Gasteiger partial charge on any atom is 0.238 e. The SMILES string of the molecule is CCOc1ccc(NC(=O)CSc2ccc(N3C(=O)[C@H]4CC=CC[C@@H]4C3=O)cc2)cc1. The van der Waals surface area contributed by atoms with Gasteiger partial charge < -0.3 is 10.1 Å². The lowest BCUT2D eigenvalue weighted by molar-refractivity contribution is -0.122. The number of benzene rings is 2. The number of carbonyl (C=O) groups excluding carboxylic acids is 3. The summed E-state index contributed by atoms with van der Waals surface area (Å²) >= 11 is 1.40. The van der Waals surface area contributed by atoms with Gasteiger partial charge in [0, 0.05) is 10.6 Å². The molecule has 6 nitrogen and oxygen atoms in total. The van der Waals surface area contributed by atoms with E-state index in [4.69, 9.17) is 4.74 Å². The molecule has 4 rings (SSSR count). The Morgan fingerprint density at radius 3 is 2.19 bits per heavy atom. The van der Waals surface area contributed by atoms with Crippen molar-refractivity contribution in [3.8, 4) is 5.75 Å². The summed E-state index contributed by atoms with van der Waals surface area (Å²) in [4.78, 5) is 39.8. The van der Waals surface area contributed by atoms with Crippen LogP contribution in [0, 0.1) is 11.8 Å². The van der Waals surface area contributed by atoms with Crippen LogP contribution in [0.5, 0.6) is 5.75 Å². The van der Waals surface area contributed by atoms with Crippen LogP contribution in [0.15, 0.2) is 65.6 Å². The van der Waals surface area contributed by atoms with E-state index in [9.17, 15) is 14.4 Å². The summed E-state index contributed by atoms with van der Waals surface area (Å²) in [7, 11) is 0. The largest absolute Gasteiger partial charge is 0.494 e. The molecule has 1 aliphatic carbocycles. The fraction of sp³-hybridized carbons (Fsp3) is 0.292. The third-order valence-electron chi connectivity index (χ3n) is 5.42. The van der Waals surface area contributed by atoms with Crippen LogP contribution < -0.4 is 15.0 Å². The molecule has 2 aromatic rings. The predicted molar refractivity (Wildman–Crippen MR) is 121 cm³/mol. The van der Waals surface area contributed by atoms with Gasteiger partial charge in [-0.05, 0) is 68.3 Å². The van der Waals surface area contributed by atoms with Crippen LogP contribution in [0.1, 0.15) is 19.8 Å². The van der Waals surface area contributed by atoms with Gasteiger partial charge in [0.25, 0.3) is 0 Å². The topological polar surface area (TPSA) is 75.7 Å². The smallest absolute Gasteiger partial charge is 0.238 e. The first-order valence-electron chi connectivity index (χ1n) is 10.3. The monoisotopic (exact) mass is 436 g/mol. The maximum atomic E-state index is 12.7. The van der Waals surface area contributed by atoms with Crippen molar-refractivity contribution in [3.63, 3.8) is 0 Å². The zero-order chi connectivity index (χ0) is 21.8. The van der Waals surface area contributed by atoms with Gasteiger partial charge in [-0.3, -0.25) is 19.3 Å². The molecule has 160 valence electrons. The standard InChI is InChI=1S/C24H24N2O4S/c1-2-30-18-11-7-16(8-12-18)25-22(27)15-31-19-13-9-17(10-14-19)26-23(28)20-5-3-4-6-21(20)24(26)29/h3-4,7-14,20-21H,2,5-6,15H2,1H3,(H,25,27)/t20-,21-/m0/s1. The summed E-state index contributed by atoms with van der Waals surface area (Å²) < 4.78 is 5.39. The van der Waals surface area contributed by atoms with Gasteiger partial charge in [-0.15, -0.1) is 11.8 Å². The van der Waals surface area contributed by atoms with Crippen LogP contribution in [0.3, 0.4) is 0 Å². The van der Waals surface area contributed by atoms with E-state index in [1.165, 1.54) is 16.7 Å². The molecule has 0 bridgehead atoms. The minimum Gasteiger partial charge on any atom is -0.494 e. The van der Waals surface area contributed by atoms with Crippen molar-refractivity contribution in [2.24, 2.45) is 11.8 Å². The number of thioether (sulfide) groups is 1. The normalized spacial score (nSPS) is 20.0. The number of allylic oxidation sites excluding steroid dienone is 2. The van der Waals surface area contributed by atoms with E-state index >= 15 is 0 Å². The zero-order valence-electron chi connectivity index (χ0n) is 17.2. The van der Waals surface area contributed by atoms with E-state index in [1.807, 2.05) is 43.3 Å². The van der Waals surface area contributed by atoms with Crippen molar-refractivity contribution in [1.29, 1.82) is 0 Å². The van der Waals surface area contributed by atoms with Crippen LogP contribution in [0.4, 0.5) is 11.4 Å². The van der Waals surface area contributed by atoms with Gasteiger partial charge in [0.1, 0.15) is 5.75 Å². The number of ether oxygens (including phenoxy) is 1. The number of anilines is 2. The summed E-state index contributed by atoms with van der Waals surface area (Å²) in [6.45, 7) is 2.52. The Labute approximate surface area is 185 Å². The van der Waals surface area contributed by atoms with Crippen molar-refractivity contribution in [1.82, 2.24) is 0 Å². The van der Waals surface area contributed by atoms with Gasteiger partial charge in [0.05, 0.1) is 29.9 Å². The van der Waals surface area contributed by atoms with Gasteiger partial charge in [-0.25, -0.2) is 0 Å². The fourth-order valence-corrected chi connectivity index (χ4v) is 4.59. The third-order valence-corrected chi connectivity index (χ3v) is 6.43. The third kappa shape index (κ3) is 4.66. The summed E-state index contributed by atoms with van der Waals surface area (Å²) in [6, 6.07) is 14.5. The molecule has 3 amide bonds. The molecule has 2 aromatic carbocycles. The number of nitrogens with zero attached hydrogens (tertiary/aromatic N) is 1. The Morgan fingerprint density at radius 2 is 1.61 bits per heavy atom. The van der Waals surface area contributed by atoms with Crippen LogP contribution in [-0.2, 0) is 14.4 Å². The van der Waals surface area contributed by atoms with Crippen molar-refractivity contribution in [2.45, 2.75) is 24.7 Å². The van der Waals surface area contributed by atoms with Gasteiger partial charge in [0.2, 0.25) is 17.7 Å². The van der Waals surface area contributed by atoms with Gasteiger partial charge >= 0.3 is 0 Å². The molecular formula is C24H24N2O4S. The first-order valence-corrected chi connectivity index (χ1v) is 11.3. The second-order valence-corrected chi connectivity index (χ2v) is 8.50. The van der Waals surface area contributed by atoms with Crippen LogP contribution >= 0.6 is 11.8 Å². The minimum absolute atomic E-state index is 0.111. The Bertz CT molecular complexity index is 975. The van der Waals surface area contributed by atoms with E-state index in [-0.39, 0.29) is 35.3 Å². The Balaban J connectivity index is 1.32. The van der Waals surface area contributed by atoms with Crippen LogP contribution in [0.25, 0.3) is 0 Å². The van der Waals surface area contributed by atoms with Gasteiger partial charge in [-0.2, -0.15) is 0 Å². The summed E-state index contributed by atoms with van der Waals surface area (Å²) in [6.07, 6.45) is 5.22. The number of imide groups is 1. The van der Waals surface area contributed by atoms with E-state index in [2.05, 4.69) is 5.32 Å². The van der Waals surface area contributed by atoms with E-state index in [0.717, 1.165) is 10.6 Å². The molecule has 0 radical (unpaired) electrons. The number of amides is 3. The molecule has 0 spiro atoms. The maximum absolute atomic E-state index is 12.7. The molecule has 1 fully saturated rings. The Morgan fingerprint density at radius 1 is 1.00 bits per heavy atom. The molecule has 1 heterocycles. The Kier molecular flexibility index (Phi) is 6.42. The summed E-state index contributed by atoms with van der Waals surface area (Å²) in [5, 5.41) is 2.86. The molecule has 0 unspecified atom stereocenters. The lowest BCUT2D eigenvalue weighted by Crippen LogP contribution is -2.30. The molecular weight excluding hydrogens is 412 g/mol. The average molecular weight is 437 g/mol. The molecule has 1 aliphatic heterocycles. The molecule has 0 saturated carbocycles. The lowest BCUT2D eigenvalue weighted by Gasteiger charge is -2.15. The molecule has 0 aromatic heterocycles. The molecule has 1 N–H and O–H groups in total. The highest BCUT2D eigenvalue weighted by Crippen LogP contribution is 2.38. The van der Waals surface area contributed by atoms with Crippen molar-refractivity contribution in [2.75, 3.05) is 22.6 Å². The van der Waals surface area contributed by atoms with E-state index in [1.54, 1.807) is 24.3 Å². The van der Waals surface area contributed by atoms with Crippen molar-refractivity contribution >= 4 is 40.9 Å². The highest BCUT2D eigenvalue weighted by molar-refractivity contribution is 8.00. The molecule has 31 heavy (non-hydrogen) atoms. The minimum atomic E-state index is -0.238. The number of carbonyl (C=O) groups is 3. The zero-order valence-corrected chi connectivity index (χ0v) is 18.1. The second kappa shape index (κ2) is 9.39. The summed E-state index contributed by atoms with van der Waals surface area (Å²) in [5.41, 5.74) is 1.30. The first kappa shape index (κ1) is 21.2. The molecule has 2 atom stereocenters. The van der Waals surface area contributed by atoms with Crippen molar-refractivity contribution < 1.29 is 19.1 Å². The summed E-state index contributed by atoms with van der Waals surface area (Å²) in [5.74, 6) is 0.198. The molecule has 7 heteroatoms. The van der Waals surface area contributed by atoms with Gasteiger partial charge in [-0.1, -0.05) is 12.2 Å². The van der Waals surface area contributed by atoms with E-state index < -0.39 is 0 Å². The highest BCUT2D eigenvalue weighted by Gasteiger charge is 2.47. The van der Waals surface area contributed by atoms with E-state index in [0.29, 0.717) is 30.8 Å². The predicted octanol–water partition coefficient (Wildman–Crippen LogP) is 4.27. The average Bonchev–Trinajstić information content (AvgIpc) is 3.05. The Hall–Kier alpha value is -3.06. The number of nitrogens with one attached hydrogen (secondary N) is 1. The fourth-order valence-electron chi connectivity index (χ4n) is 3.89. The molecule has 1 saturated heterocycles. The van der Waals surface area contributed by atoms with Crippen LogP contribution in [-0.4, -0.2) is 30.1 Å². The van der Waals surface area contributed by atoms with Crippen LogP contribution in [0.2, 0.25) is 0 Å². The molecule has 2 aliphatic rings.